The number of anilines is 1. The molecule has 1 saturated carbocycles. The first-order chi connectivity index (χ1) is 15.0. The second kappa shape index (κ2) is 9.16. The zero-order chi connectivity index (χ0) is 21.8. The van der Waals surface area contributed by atoms with Gasteiger partial charge in [0, 0.05) is 43.7 Å². The largest absolute Gasteiger partial charge is 0.371 e. The lowest BCUT2D eigenvalue weighted by Gasteiger charge is -2.34. The summed E-state index contributed by atoms with van der Waals surface area (Å²) in [6.07, 6.45) is 3.22. The molecule has 2 aromatic rings. The Morgan fingerprint density at radius 1 is 1.03 bits per heavy atom. The average Bonchev–Trinajstić information content (AvgIpc) is 3.62. The van der Waals surface area contributed by atoms with Crippen LogP contribution in [0.2, 0.25) is 0 Å². The summed E-state index contributed by atoms with van der Waals surface area (Å²) in [5.74, 6) is -0.315. The fourth-order valence-corrected chi connectivity index (χ4v) is 3.90. The van der Waals surface area contributed by atoms with E-state index < -0.39 is 4.92 Å². The first kappa shape index (κ1) is 20.8. The van der Waals surface area contributed by atoms with Crippen molar-refractivity contribution in [1.29, 1.82) is 0 Å². The molecule has 1 aliphatic carbocycles. The minimum atomic E-state index is -0.485. The topological polar surface area (TPSA) is 105 Å². The molecule has 162 valence electrons. The maximum atomic E-state index is 12.7. The lowest BCUT2D eigenvalue weighted by atomic mass is 9.94. The van der Waals surface area contributed by atoms with Gasteiger partial charge in [-0.3, -0.25) is 19.7 Å². The molecule has 0 atom stereocenters. The third-order valence-corrected chi connectivity index (χ3v) is 5.86. The number of nitrogens with zero attached hydrogens (tertiary/aromatic N) is 2. The monoisotopic (exact) mass is 422 g/mol. The van der Waals surface area contributed by atoms with E-state index in [1.54, 1.807) is 6.07 Å². The molecule has 4 rings (SSSR count). The molecule has 8 nitrogen and oxygen atoms in total. The van der Waals surface area contributed by atoms with Crippen LogP contribution in [0.15, 0.2) is 48.5 Å². The molecule has 2 N–H and O–H groups in total. The van der Waals surface area contributed by atoms with Gasteiger partial charge in [0.05, 0.1) is 16.2 Å². The summed E-state index contributed by atoms with van der Waals surface area (Å²) in [5, 5.41) is 17.1. The third kappa shape index (κ3) is 5.20. The van der Waals surface area contributed by atoms with E-state index in [1.165, 1.54) is 12.1 Å². The molecule has 2 aliphatic rings. The van der Waals surface area contributed by atoms with Gasteiger partial charge in [0.25, 0.3) is 11.6 Å². The molecule has 0 aromatic heterocycles. The minimum Gasteiger partial charge on any atom is -0.371 e. The van der Waals surface area contributed by atoms with E-state index in [0.29, 0.717) is 43.7 Å². The summed E-state index contributed by atoms with van der Waals surface area (Å²) in [4.78, 5) is 38.0. The van der Waals surface area contributed by atoms with Crippen molar-refractivity contribution in [2.75, 3.05) is 18.0 Å². The Bertz CT molecular complexity index is 967. The van der Waals surface area contributed by atoms with Crippen LogP contribution in [0.3, 0.4) is 0 Å². The van der Waals surface area contributed by atoms with Crippen LogP contribution in [-0.2, 0) is 11.3 Å². The standard InChI is InChI=1S/C23H26N4O4/c28-22(24-15-16-4-2-1-3-5-16)17-10-12-26(13-11-17)21-9-8-19(27(30)31)14-20(21)23(29)25-18-6-7-18/h1-5,8-9,14,17-18H,6-7,10-13,15H2,(H,24,28)(H,25,29). The number of nitro groups is 1. The van der Waals surface area contributed by atoms with Gasteiger partial charge < -0.3 is 15.5 Å². The van der Waals surface area contributed by atoms with Crippen molar-refractivity contribution >= 4 is 23.2 Å². The number of carbonyl (C=O) groups is 2. The zero-order valence-electron chi connectivity index (χ0n) is 17.3. The summed E-state index contributed by atoms with van der Waals surface area (Å²) < 4.78 is 0. The third-order valence-electron chi connectivity index (χ3n) is 5.86. The second-order valence-electron chi connectivity index (χ2n) is 8.17. The van der Waals surface area contributed by atoms with Gasteiger partial charge >= 0.3 is 0 Å². The van der Waals surface area contributed by atoms with Crippen molar-refractivity contribution in [1.82, 2.24) is 10.6 Å². The quantitative estimate of drug-likeness (QED) is 0.527. The van der Waals surface area contributed by atoms with Crippen molar-refractivity contribution in [3.8, 4) is 0 Å². The number of amides is 2. The van der Waals surface area contributed by atoms with Crippen molar-refractivity contribution in [3.05, 3.63) is 69.8 Å². The van der Waals surface area contributed by atoms with Gasteiger partial charge in [0.2, 0.25) is 5.91 Å². The molecule has 2 fully saturated rings. The Kier molecular flexibility index (Phi) is 6.16. The first-order valence-electron chi connectivity index (χ1n) is 10.7. The van der Waals surface area contributed by atoms with E-state index in [2.05, 4.69) is 10.6 Å². The van der Waals surface area contributed by atoms with E-state index >= 15 is 0 Å². The highest BCUT2D eigenvalue weighted by atomic mass is 16.6. The highest BCUT2D eigenvalue weighted by Crippen LogP contribution is 2.30. The lowest BCUT2D eigenvalue weighted by molar-refractivity contribution is -0.384. The lowest BCUT2D eigenvalue weighted by Crippen LogP contribution is -2.41. The summed E-state index contributed by atoms with van der Waals surface area (Å²) in [6, 6.07) is 14.4. The molecule has 2 aromatic carbocycles. The number of rotatable bonds is 7. The van der Waals surface area contributed by atoms with E-state index in [0.717, 1.165) is 18.4 Å². The molecule has 0 unspecified atom stereocenters. The number of carbonyl (C=O) groups excluding carboxylic acids is 2. The fraction of sp³-hybridized carbons (Fsp3) is 0.391. The van der Waals surface area contributed by atoms with Gasteiger partial charge in [0.15, 0.2) is 0 Å². The molecular formula is C23H26N4O4. The van der Waals surface area contributed by atoms with Crippen molar-refractivity contribution < 1.29 is 14.5 Å². The smallest absolute Gasteiger partial charge is 0.270 e. The number of piperidine rings is 1. The Morgan fingerprint density at radius 2 is 1.74 bits per heavy atom. The Hall–Kier alpha value is -3.42. The van der Waals surface area contributed by atoms with Crippen LogP contribution in [0.1, 0.15) is 41.6 Å². The number of non-ortho nitro benzene ring substituents is 1. The van der Waals surface area contributed by atoms with Gasteiger partial charge in [-0.25, -0.2) is 0 Å². The molecular weight excluding hydrogens is 396 g/mol. The van der Waals surface area contributed by atoms with Crippen molar-refractivity contribution in [3.63, 3.8) is 0 Å². The fourth-order valence-electron chi connectivity index (χ4n) is 3.90. The van der Waals surface area contributed by atoms with Crippen molar-refractivity contribution in [2.24, 2.45) is 5.92 Å². The summed E-state index contributed by atoms with van der Waals surface area (Å²) in [6.45, 7) is 1.74. The number of hydrogen-bond acceptors (Lipinski definition) is 5. The molecule has 0 spiro atoms. The molecule has 0 radical (unpaired) electrons. The molecule has 1 saturated heterocycles. The highest BCUT2D eigenvalue weighted by Gasteiger charge is 2.30. The predicted molar refractivity (Wildman–Crippen MR) is 117 cm³/mol. The van der Waals surface area contributed by atoms with E-state index in [1.807, 2.05) is 35.2 Å². The number of nitrogens with one attached hydrogen (secondary N) is 2. The summed E-state index contributed by atoms with van der Waals surface area (Å²) in [5.41, 5.74) is 1.98. The number of hydrogen-bond donors (Lipinski definition) is 2. The van der Waals surface area contributed by atoms with Gasteiger partial charge in [-0.05, 0) is 37.3 Å². The number of nitro benzene ring substituents is 1. The van der Waals surface area contributed by atoms with E-state index in [9.17, 15) is 19.7 Å². The Morgan fingerprint density at radius 3 is 2.39 bits per heavy atom. The van der Waals surface area contributed by atoms with Crippen LogP contribution < -0.4 is 15.5 Å². The minimum absolute atomic E-state index is 0.0407. The average molecular weight is 422 g/mol. The Balaban J connectivity index is 1.40. The normalized spacial score (nSPS) is 16.6. The van der Waals surface area contributed by atoms with Crippen LogP contribution in [-0.4, -0.2) is 35.9 Å². The second-order valence-corrected chi connectivity index (χ2v) is 8.17. The molecule has 1 aliphatic heterocycles. The van der Waals surface area contributed by atoms with Crippen LogP contribution in [0, 0.1) is 16.0 Å². The maximum Gasteiger partial charge on any atom is 0.270 e. The highest BCUT2D eigenvalue weighted by molar-refractivity contribution is 6.01. The number of benzene rings is 2. The summed E-state index contributed by atoms with van der Waals surface area (Å²) in [7, 11) is 0. The van der Waals surface area contributed by atoms with Gasteiger partial charge in [-0.15, -0.1) is 0 Å². The Labute approximate surface area is 180 Å². The predicted octanol–water partition coefficient (Wildman–Crippen LogP) is 3.02. The SMILES string of the molecule is O=C(NC1CC1)c1cc([N+](=O)[O-])ccc1N1CCC(C(=O)NCc2ccccc2)CC1. The molecule has 31 heavy (non-hydrogen) atoms. The van der Waals surface area contributed by atoms with Gasteiger partial charge in [-0.1, -0.05) is 30.3 Å². The van der Waals surface area contributed by atoms with Gasteiger partial charge in [0.1, 0.15) is 0 Å². The van der Waals surface area contributed by atoms with Crippen LogP contribution >= 0.6 is 0 Å². The van der Waals surface area contributed by atoms with Gasteiger partial charge in [-0.2, -0.15) is 0 Å². The molecule has 0 bridgehead atoms. The van der Waals surface area contributed by atoms with E-state index in [4.69, 9.17) is 0 Å². The van der Waals surface area contributed by atoms with Crippen LogP contribution in [0.4, 0.5) is 11.4 Å². The van der Waals surface area contributed by atoms with E-state index in [-0.39, 0.29) is 29.5 Å². The molecule has 1 heterocycles. The first-order valence-corrected chi connectivity index (χ1v) is 10.7. The summed E-state index contributed by atoms with van der Waals surface area (Å²) >= 11 is 0. The molecule has 8 heteroatoms. The maximum absolute atomic E-state index is 12.7. The zero-order valence-corrected chi connectivity index (χ0v) is 17.3. The van der Waals surface area contributed by atoms with Crippen LogP contribution in [0.5, 0.6) is 0 Å². The van der Waals surface area contributed by atoms with Crippen LogP contribution in [0.25, 0.3) is 0 Å². The van der Waals surface area contributed by atoms with Crippen molar-refractivity contribution in [2.45, 2.75) is 38.3 Å². The molecule has 2 amide bonds.